The number of aromatic nitrogens is 2. The lowest BCUT2D eigenvalue weighted by molar-refractivity contribution is 0.0851. The van der Waals surface area contributed by atoms with Crippen LogP contribution in [0, 0.1) is 6.92 Å². The molecule has 0 saturated heterocycles. The van der Waals surface area contributed by atoms with Crippen LogP contribution < -0.4 is 9.47 Å². The van der Waals surface area contributed by atoms with E-state index >= 15 is 0 Å². The summed E-state index contributed by atoms with van der Waals surface area (Å²) in [5, 5.41) is 8.05. The third kappa shape index (κ3) is 2.97. The van der Waals surface area contributed by atoms with E-state index in [1.807, 2.05) is 42.5 Å². The molecule has 24 heavy (non-hydrogen) atoms. The summed E-state index contributed by atoms with van der Waals surface area (Å²) in [5.41, 5.74) is 2.15. The van der Waals surface area contributed by atoms with Gasteiger partial charge in [0.25, 0.3) is 0 Å². The van der Waals surface area contributed by atoms with Gasteiger partial charge in [0.05, 0.1) is 0 Å². The second-order valence-electron chi connectivity index (χ2n) is 5.82. The molecular formula is C19H18N2O3. The molecular weight excluding hydrogens is 304 g/mol. The summed E-state index contributed by atoms with van der Waals surface area (Å²) in [4.78, 5) is 0. The highest BCUT2D eigenvalue weighted by atomic mass is 16.6. The highest BCUT2D eigenvalue weighted by molar-refractivity contribution is 5.58. The van der Waals surface area contributed by atoms with Crippen molar-refractivity contribution in [3.05, 3.63) is 60.0 Å². The summed E-state index contributed by atoms with van der Waals surface area (Å²) in [6, 6.07) is 15.9. The molecule has 0 saturated carbocycles. The number of fused-ring (bicyclic) bond motifs is 1. The fourth-order valence-corrected chi connectivity index (χ4v) is 2.87. The van der Waals surface area contributed by atoms with Crippen molar-refractivity contribution in [2.75, 3.05) is 6.61 Å². The van der Waals surface area contributed by atoms with Gasteiger partial charge in [0, 0.05) is 12.5 Å². The molecule has 122 valence electrons. The summed E-state index contributed by atoms with van der Waals surface area (Å²) in [6.45, 7) is 2.36. The molecule has 0 amide bonds. The van der Waals surface area contributed by atoms with Gasteiger partial charge >= 0.3 is 0 Å². The van der Waals surface area contributed by atoms with E-state index in [9.17, 15) is 0 Å². The van der Waals surface area contributed by atoms with E-state index < -0.39 is 0 Å². The number of rotatable bonds is 4. The van der Waals surface area contributed by atoms with Crippen LogP contribution in [0.5, 0.6) is 11.5 Å². The Bertz CT molecular complexity index is 844. The van der Waals surface area contributed by atoms with Crippen molar-refractivity contribution in [1.82, 2.24) is 10.2 Å². The standard InChI is InChI=1S/C19H18N2O3/c1-13-20-21-19(23-13)16-7-3-2-6-14(16)10-11-15-12-22-17-8-4-5-9-18(17)24-15/h2-9,15H,10-12H2,1H3/t15-/m1/s1. The van der Waals surface area contributed by atoms with Gasteiger partial charge < -0.3 is 13.9 Å². The van der Waals surface area contributed by atoms with E-state index in [1.54, 1.807) is 6.92 Å². The van der Waals surface area contributed by atoms with Crippen LogP contribution in [0.3, 0.4) is 0 Å². The average molecular weight is 322 g/mol. The molecule has 2 heterocycles. The predicted octanol–water partition coefficient (Wildman–Crippen LogP) is 3.82. The van der Waals surface area contributed by atoms with Crippen molar-refractivity contribution in [3.8, 4) is 23.0 Å². The molecule has 0 unspecified atom stereocenters. The molecule has 3 aromatic rings. The fraction of sp³-hybridized carbons (Fsp3) is 0.263. The molecule has 0 aliphatic carbocycles. The van der Waals surface area contributed by atoms with Gasteiger partial charge in [-0.3, -0.25) is 0 Å². The van der Waals surface area contributed by atoms with Gasteiger partial charge in [0.15, 0.2) is 11.5 Å². The third-order valence-corrected chi connectivity index (χ3v) is 4.08. The molecule has 1 aromatic heterocycles. The Balaban J connectivity index is 1.47. The summed E-state index contributed by atoms with van der Waals surface area (Å²) < 4.78 is 17.4. The predicted molar refractivity (Wildman–Crippen MR) is 89.1 cm³/mol. The lowest BCUT2D eigenvalue weighted by Crippen LogP contribution is -2.29. The van der Waals surface area contributed by atoms with Gasteiger partial charge in [-0.1, -0.05) is 30.3 Å². The Labute approximate surface area is 140 Å². The maximum atomic E-state index is 6.03. The molecule has 0 spiro atoms. The van der Waals surface area contributed by atoms with Crippen LogP contribution in [0.1, 0.15) is 17.9 Å². The number of benzene rings is 2. The first-order chi connectivity index (χ1) is 11.8. The zero-order chi connectivity index (χ0) is 16.4. The largest absolute Gasteiger partial charge is 0.486 e. The van der Waals surface area contributed by atoms with Crippen molar-refractivity contribution in [1.29, 1.82) is 0 Å². The molecule has 1 aliphatic heterocycles. The van der Waals surface area contributed by atoms with Gasteiger partial charge in [0.2, 0.25) is 11.8 Å². The molecule has 4 rings (SSSR count). The summed E-state index contributed by atoms with van der Waals surface area (Å²) in [5.74, 6) is 2.76. The minimum Gasteiger partial charge on any atom is -0.486 e. The highest BCUT2D eigenvalue weighted by Gasteiger charge is 2.21. The smallest absolute Gasteiger partial charge is 0.247 e. The van der Waals surface area contributed by atoms with E-state index in [1.165, 1.54) is 5.56 Å². The normalized spacial score (nSPS) is 16.1. The average Bonchev–Trinajstić information content (AvgIpc) is 3.06. The van der Waals surface area contributed by atoms with Crippen LogP contribution in [0.2, 0.25) is 0 Å². The molecule has 0 radical (unpaired) electrons. The van der Waals surface area contributed by atoms with E-state index in [4.69, 9.17) is 13.9 Å². The minimum atomic E-state index is 0.0392. The van der Waals surface area contributed by atoms with Crippen LogP contribution in [0.25, 0.3) is 11.5 Å². The molecule has 1 aliphatic rings. The van der Waals surface area contributed by atoms with Crippen molar-refractivity contribution in [2.24, 2.45) is 0 Å². The zero-order valence-corrected chi connectivity index (χ0v) is 13.4. The number of nitrogens with zero attached hydrogens (tertiary/aromatic N) is 2. The quantitative estimate of drug-likeness (QED) is 0.731. The van der Waals surface area contributed by atoms with Gasteiger partial charge in [0.1, 0.15) is 12.7 Å². The molecule has 5 nitrogen and oxygen atoms in total. The van der Waals surface area contributed by atoms with Crippen LogP contribution in [-0.4, -0.2) is 22.9 Å². The highest BCUT2D eigenvalue weighted by Crippen LogP contribution is 2.32. The van der Waals surface area contributed by atoms with Crippen LogP contribution in [-0.2, 0) is 6.42 Å². The number of hydrogen-bond acceptors (Lipinski definition) is 5. The van der Waals surface area contributed by atoms with Gasteiger partial charge in [-0.15, -0.1) is 10.2 Å². The number of ether oxygens (including phenoxy) is 2. The molecule has 5 heteroatoms. The van der Waals surface area contributed by atoms with Gasteiger partial charge in [-0.2, -0.15) is 0 Å². The first kappa shape index (κ1) is 14.8. The molecule has 0 N–H and O–H groups in total. The van der Waals surface area contributed by atoms with E-state index in [2.05, 4.69) is 16.3 Å². The zero-order valence-electron chi connectivity index (χ0n) is 13.4. The molecule has 1 atom stereocenters. The summed E-state index contributed by atoms with van der Waals surface area (Å²) in [6.07, 6.45) is 1.75. The van der Waals surface area contributed by atoms with Crippen molar-refractivity contribution >= 4 is 0 Å². The van der Waals surface area contributed by atoms with Crippen molar-refractivity contribution in [3.63, 3.8) is 0 Å². The lowest BCUT2D eigenvalue weighted by atomic mass is 10.0. The second-order valence-corrected chi connectivity index (χ2v) is 5.82. The number of hydrogen-bond donors (Lipinski definition) is 0. The third-order valence-electron chi connectivity index (χ3n) is 4.08. The van der Waals surface area contributed by atoms with E-state index in [0.29, 0.717) is 18.4 Å². The van der Waals surface area contributed by atoms with Crippen LogP contribution >= 0.6 is 0 Å². The molecule has 0 bridgehead atoms. The minimum absolute atomic E-state index is 0.0392. The topological polar surface area (TPSA) is 57.4 Å². The molecule has 0 fully saturated rings. The Morgan fingerprint density at radius 3 is 2.62 bits per heavy atom. The van der Waals surface area contributed by atoms with Crippen LogP contribution in [0.4, 0.5) is 0 Å². The van der Waals surface area contributed by atoms with Gasteiger partial charge in [-0.25, -0.2) is 0 Å². The first-order valence-electron chi connectivity index (χ1n) is 8.06. The maximum Gasteiger partial charge on any atom is 0.247 e. The number of aryl methyl sites for hydroxylation is 2. The maximum absolute atomic E-state index is 6.03. The fourth-order valence-electron chi connectivity index (χ4n) is 2.87. The Hall–Kier alpha value is -2.82. The molecule has 2 aromatic carbocycles. The SMILES string of the molecule is Cc1nnc(-c2ccccc2CC[C@@H]2COc3ccccc3O2)o1. The Morgan fingerprint density at radius 2 is 1.79 bits per heavy atom. The first-order valence-corrected chi connectivity index (χ1v) is 8.06. The van der Waals surface area contributed by atoms with E-state index in [-0.39, 0.29) is 6.10 Å². The second kappa shape index (κ2) is 6.35. The van der Waals surface area contributed by atoms with Gasteiger partial charge in [-0.05, 0) is 36.6 Å². The lowest BCUT2D eigenvalue weighted by Gasteiger charge is -2.26. The number of para-hydroxylation sites is 2. The van der Waals surface area contributed by atoms with Crippen LogP contribution in [0.15, 0.2) is 52.9 Å². The Morgan fingerprint density at radius 1 is 1.00 bits per heavy atom. The summed E-state index contributed by atoms with van der Waals surface area (Å²) >= 11 is 0. The van der Waals surface area contributed by atoms with Crippen molar-refractivity contribution in [2.45, 2.75) is 25.9 Å². The Kier molecular flexibility index (Phi) is 3.91. The summed E-state index contributed by atoms with van der Waals surface area (Å²) in [7, 11) is 0. The monoisotopic (exact) mass is 322 g/mol. The van der Waals surface area contributed by atoms with Crippen molar-refractivity contribution < 1.29 is 13.9 Å². The van der Waals surface area contributed by atoms with E-state index in [0.717, 1.165) is 29.9 Å².